The van der Waals surface area contributed by atoms with Gasteiger partial charge in [0, 0.05) is 22.9 Å². The number of hydrogen-bond acceptors (Lipinski definition) is 2. The van der Waals surface area contributed by atoms with Gasteiger partial charge in [0.05, 0.1) is 4.92 Å². The van der Waals surface area contributed by atoms with Crippen molar-refractivity contribution in [1.29, 1.82) is 0 Å². The van der Waals surface area contributed by atoms with Gasteiger partial charge < -0.3 is 4.57 Å². The molecule has 2 aromatic rings. The van der Waals surface area contributed by atoms with Gasteiger partial charge in [0.15, 0.2) is 0 Å². The Kier molecular flexibility index (Phi) is 2.78. The fraction of sp³-hybridized carbons (Fsp3) is 0.0909. The minimum absolute atomic E-state index is 0.100. The van der Waals surface area contributed by atoms with Crippen LogP contribution in [0.3, 0.4) is 0 Å². The van der Waals surface area contributed by atoms with Crippen molar-refractivity contribution in [3.8, 4) is 5.69 Å². The molecule has 82 valence electrons. The first-order valence-corrected chi connectivity index (χ1v) is 5.47. The third-order valence-electron chi connectivity index (χ3n) is 2.30. The second-order valence-electron chi connectivity index (χ2n) is 3.44. The number of nitro benzene ring substituents is 1. The Morgan fingerprint density at radius 2 is 1.94 bits per heavy atom. The zero-order chi connectivity index (χ0) is 11.7. The molecule has 0 saturated carbocycles. The van der Waals surface area contributed by atoms with Gasteiger partial charge in [0.2, 0.25) is 0 Å². The molecule has 0 saturated heterocycles. The Hall–Kier alpha value is -1.62. The lowest BCUT2D eigenvalue weighted by Crippen LogP contribution is -2.00. The first-order chi connectivity index (χ1) is 7.59. The SMILES string of the molecule is Cc1cc(Br)cc([N+](=O)[O-])c1-n1cccc1. The molecule has 0 N–H and O–H groups in total. The van der Waals surface area contributed by atoms with Crippen LogP contribution in [0.5, 0.6) is 0 Å². The third kappa shape index (κ3) is 1.86. The summed E-state index contributed by atoms with van der Waals surface area (Å²) in [5.74, 6) is 0. The van der Waals surface area contributed by atoms with Crippen LogP contribution in [0.1, 0.15) is 5.56 Å². The lowest BCUT2D eigenvalue weighted by Gasteiger charge is -2.08. The summed E-state index contributed by atoms with van der Waals surface area (Å²) < 4.78 is 2.47. The van der Waals surface area contributed by atoms with Crippen molar-refractivity contribution >= 4 is 21.6 Å². The summed E-state index contributed by atoms with van der Waals surface area (Å²) in [7, 11) is 0. The molecule has 0 atom stereocenters. The highest BCUT2D eigenvalue weighted by Crippen LogP contribution is 2.30. The first kappa shape index (κ1) is 10.9. The summed E-state index contributed by atoms with van der Waals surface area (Å²) >= 11 is 3.27. The summed E-state index contributed by atoms with van der Waals surface area (Å²) in [4.78, 5) is 10.6. The summed E-state index contributed by atoms with van der Waals surface area (Å²) in [6.07, 6.45) is 3.59. The second-order valence-corrected chi connectivity index (χ2v) is 4.35. The number of nitro groups is 1. The van der Waals surface area contributed by atoms with Crippen LogP contribution in [-0.4, -0.2) is 9.49 Å². The number of aromatic nitrogens is 1. The molecule has 1 aromatic carbocycles. The van der Waals surface area contributed by atoms with Gasteiger partial charge in [0.25, 0.3) is 5.69 Å². The maximum atomic E-state index is 11.0. The van der Waals surface area contributed by atoms with E-state index in [2.05, 4.69) is 15.9 Å². The van der Waals surface area contributed by atoms with Crippen LogP contribution in [0, 0.1) is 17.0 Å². The summed E-state index contributed by atoms with van der Waals surface area (Å²) in [5.41, 5.74) is 1.57. The van der Waals surface area contributed by atoms with E-state index in [1.54, 1.807) is 17.0 Å². The van der Waals surface area contributed by atoms with Crippen LogP contribution in [0.15, 0.2) is 41.1 Å². The number of rotatable bonds is 2. The molecular formula is C11H9BrN2O2. The monoisotopic (exact) mass is 280 g/mol. The van der Waals surface area contributed by atoms with Gasteiger partial charge in [0.1, 0.15) is 5.69 Å². The number of benzene rings is 1. The highest BCUT2D eigenvalue weighted by molar-refractivity contribution is 9.10. The average Bonchev–Trinajstić information content (AvgIpc) is 2.69. The van der Waals surface area contributed by atoms with E-state index in [0.717, 1.165) is 5.56 Å². The van der Waals surface area contributed by atoms with Gasteiger partial charge in [-0.2, -0.15) is 0 Å². The highest BCUT2D eigenvalue weighted by atomic mass is 79.9. The van der Waals surface area contributed by atoms with E-state index in [1.807, 2.05) is 25.1 Å². The van der Waals surface area contributed by atoms with Crippen molar-refractivity contribution in [3.05, 3.63) is 56.8 Å². The van der Waals surface area contributed by atoms with E-state index in [9.17, 15) is 10.1 Å². The van der Waals surface area contributed by atoms with Gasteiger partial charge in [-0.05, 0) is 30.7 Å². The Morgan fingerprint density at radius 3 is 2.50 bits per heavy atom. The quantitative estimate of drug-likeness (QED) is 0.625. The molecule has 1 heterocycles. The molecule has 2 rings (SSSR count). The van der Waals surface area contributed by atoms with Gasteiger partial charge in [-0.1, -0.05) is 15.9 Å². The highest BCUT2D eigenvalue weighted by Gasteiger charge is 2.18. The molecule has 0 radical (unpaired) electrons. The van der Waals surface area contributed by atoms with Crippen molar-refractivity contribution in [1.82, 2.24) is 4.57 Å². The minimum atomic E-state index is -0.368. The van der Waals surface area contributed by atoms with Crippen molar-refractivity contribution in [2.45, 2.75) is 6.92 Å². The van der Waals surface area contributed by atoms with E-state index in [4.69, 9.17) is 0 Å². The largest absolute Gasteiger partial charge is 0.318 e. The van der Waals surface area contributed by atoms with Crippen LogP contribution >= 0.6 is 15.9 Å². The van der Waals surface area contributed by atoms with E-state index in [-0.39, 0.29) is 10.6 Å². The van der Waals surface area contributed by atoms with Gasteiger partial charge in [-0.3, -0.25) is 10.1 Å². The Bertz CT molecular complexity index is 535. The van der Waals surface area contributed by atoms with Crippen molar-refractivity contribution < 1.29 is 4.92 Å². The molecule has 5 heteroatoms. The predicted molar refractivity (Wildman–Crippen MR) is 64.9 cm³/mol. The van der Waals surface area contributed by atoms with E-state index >= 15 is 0 Å². The third-order valence-corrected chi connectivity index (χ3v) is 2.76. The van der Waals surface area contributed by atoms with Crippen molar-refractivity contribution in [2.75, 3.05) is 0 Å². The molecule has 16 heavy (non-hydrogen) atoms. The zero-order valence-electron chi connectivity index (χ0n) is 8.55. The summed E-state index contributed by atoms with van der Waals surface area (Å²) in [6, 6.07) is 7.06. The van der Waals surface area contributed by atoms with Crippen molar-refractivity contribution in [3.63, 3.8) is 0 Å². The lowest BCUT2D eigenvalue weighted by molar-refractivity contribution is -0.384. The molecule has 4 nitrogen and oxygen atoms in total. The fourth-order valence-electron chi connectivity index (χ4n) is 1.68. The molecule has 0 fully saturated rings. The molecule has 1 aromatic heterocycles. The van der Waals surface area contributed by atoms with Crippen molar-refractivity contribution in [2.24, 2.45) is 0 Å². The van der Waals surface area contributed by atoms with Crippen LogP contribution in [0.25, 0.3) is 5.69 Å². The van der Waals surface area contributed by atoms with Gasteiger partial charge in [-0.15, -0.1) is 0 Å². The van der Waals surface area contributed by atoms with E-state index in [0.29, 0.717) is 10.2 Å². The number of nitrogens with zero attached hydrogens (tertiary/aromatic N) is 2. The molecule has 0 bridgehead atoms. The van der Waals surface area contributed by atoms with Crippen LogP contribution in [-0.2, 0) is 0 Å². The average molecular weight is 281 g/mol. The topological polar surface area (TPSA) is 48.1 Å². The van der Waals surface area contributed by atoms with Gasteiger partial charge in [-0.25, -0.2) is 0 Å². The predicted octanol–water partition coefficient (Wildman–Crippen LogP) is 3.46. The zero-order valence-corrected chi connectivity index (χ0v) is 10.1. The maximum absolute atomic E-state index is 11.0. The minimum Gasteiger partial charge on any atom is -0.318 e. The molecule has 0 aliphatic heterocycles. The van der Waals surface area contributed by atoms with Gasteiger partial charge >= 0.3 is 0 Å². The normalized spacial score (nSPS) is 10.4. The van der Waals surface area contributed by atoms with Crippen LogP contribution in [0.2, 0.25) is 0 Å². The first-order valence-electron chi connectivity index (χ1n) is 4.67. The Balaban J connectivity index is 2.72. The molecule has 0 spiro atoms. The number of aryl methyl sites for hydroxylation is 1. The number of halogens is 1. The Morgan fingerprint density at radius 1 is 1.31 bits per heavy atom. The molecule has 0 unspecified atom stereocenters. The molecule has 0 aliphatic carbocycles. The van der Waals surface area contributed by atoms with E-state index < -0.39 is 0 Å². The van der Waals surface area contributed by atoms with Crippen LogP contribution < -0.4 is 0 Å². The summed E-state index contributed by atoms with van der Waals surface area (Å²) in [5, 5.41) is 11.0. The second kappa shape index (κ2) is 4.09. The molecule has 0 amide bonds. The maximum Gasteiger partial charge on any atom is 0.294 e. The van der Waals surface area contributed by atoms with Crippen LogP contribution in [0.4, 0.5) is 5.69 Å². The summed E-state index contributed by atoms with van der Waals surface area (Å²) in [6.45, 7) is 1.85. The Labute approximate surface area is 101 Å². The molecule has 0 aliphatic rings. The number of hydrogen-bond donors (Lipinski definition) is 0. The lowest BCUT2D eigenvalue weighted by atomic mass is 10.1. The van der Waals surface area contributed by atoms with E-state index in [1.165, 1.54) is 6.07 Å². The smallest absolute Gasteiger partial charge is 0.294 e. The fourth-order valence-corrected chi connectivity index (χ4v) is 2.24. The molecular weight excluding hydrogens is 272 g/mol. The standard InChI is InChI=1S/C11H9BrN2O2/c1-8-6-9(12)7-10(14(15)16)11(8)13-4-2-3-5-13/h2-7H,1H3.